The monoisotopic (exact) mass is 743 g/mol. The molecule has 1 rings (SSSR count). The van der Waals surface area contributed by atoms with E-state index in [9.17, 15) is 105 Å². The number of alkyl halides is 22. The lowest BCUT2D eigenvalue weighted by molar-refractivity contribution is -0.705. The zero-order chi connectivity index (χ0) is 37.1. The number of hydrogen-bond donors (Lipinski definition) is 1. The van der Waals surface area contributed by atoms with Gasteiger partial charge in [-0.3, -0.25) is 4.55 Å². The van der Waals surface area contributed by atoms with E-state index in [4.69, 9.17) is 4.55 Å². The van der Waals surface area contributed by atoms with E-state index in [0.717, 1.165) is 10.8 Å². The standard InChI is InChI=1S/C13H12F13N2.C4HF9O3S/c1-7-27(2)5-6-28(7)4-3-8(14,15)9(16,17)10(18,19)11(20,21)12(22,23)13(24,25)26;5-1(6,3(9,10)11)2(7,8)4(12,13)17(14,15)16/h5-6H,3-4H2,1-2H3;(H,14,15,16)/q+1;. The van der Waals surface area contributed by atoms with Crippen LogP contribution in [0, 0.1) is 6.92 Å². The predicted octanol–water partition coefficient (Wildman–Crippen LogP) is 7.05. The van der Waals surface area contributed by atoms with Crippen LogP contribution in [-0.4, -0.2) is 76.6 Å². The van der Waals surface area contributed by atoms with E-state index in [1.165, 1.54) is 24.7 Å². The molecule has 0 bridgehead atoms. The molecule has 0 fully saturated rings. The van der Waals surface area contributed by atoms with Crippen LogP contribution in [0.5, 0.6) is 0 Å². The van der Waals surface area contributed by atoms with E-state index < -0.39 is 82.1 Å². The van der Waals surface area contributed by atoms with E-state index >= 15 is 0 Å². The smallest absolute Gasteiger partial charge is 0.281 e. The molecule has 0 saturated carbocycles. The third-order valence-corrected chi connectivity index (χ3v) is 6.41. The Labute approximate surface area is 234 Å². The van der Waals surface area contributed by atoms with Gasteiger partial charge >= 0.3 is 69.2 Å². The highest BCUT2D eigenvalue weighted by Gasteiger charge is 2.90. The lowest BCUT2D eigenvalue weighted by Crippen LogP contribution is -2.70. The Balaban J connectivity index is 0.000000976. The molecule has 0 unspecified atom stereocenters. The van der Waals surface area contributed by atoms with Gasteiger partial charge in [-0.25, -0.2) is 9.13 Å². The van der Waals surface area contributed by atoms with Crippen molar-refractivity contribution in [3.05, 3.63) is 18.2 Å². The van der Waals surface area contributed by atoms with Crippen LogP contribution in [0.25, 0.3) is 0 Å². The second kappa shape index (κ2) is 11.7. The van der Waals surface area contributed by atoms with Gasteiger partial charge in [-0.2, -0.15) is 105 Å². The number of aryl methyl sites for hydroxylation is 2. The Morgan fingerprint density at radius 3 is 1.24 bits per heavy atom. The topological polar surface area (TPSA) is 63.2 Å². The zero-order valence-corrected chi connectivity index (χ0v) is 21.8. The molecule has 28 heteroatoms. The summed E-state index contributed by atoms with van der Waals surface area (Å²) in [5.41, 5.74) is 0. The van der Waals surface area contributed by atoms with Gasteiger partial charge in [0.2, 0.25) is 0 Å². The highest BCUT2D eigenvalue weighted by molar-refractivity contribution is 7.87. The number of nitrogens with zero attached hydrogens (tertiary/aromatic N) is 2. The first-order valence-electron chi connectivity index (χ1n) is 10.3. The van der Waals surface area contributed by atoms with Crippen molar-refractivity contribution in [1.82, 2.24) is 4.57 Å². The van der Waals surface area contributed by atoms with Crippen molar-refractivity contribution in [1.29, 1.82) is 0 Å². The molecule has 0 saturated heterocycles. The lowest BCUT2D eigenvalue weighted by atomic mass is 9.92. The molecule has 1 N–H and O–H groups in total. The summed E-state index contributed by atoms with van der Waals surface area (Å²) in [6.45, 7) is 0.134. The third kappa shape index (κ3) is 6.84. The Morgan fingerprint density at radius 2 is 0.956 bits per heavy atom. The fourth-order valence-electron chi connectivity index (χ4n) is 2.58. The largest absolute Gasteiger partial charge is 0.460 e. The summed E-state index contributed by atoms with van der Waals surface area (Å²) in [6.07, 6.45) is -14.5. The van der Waals surface area contributed by atoms with Gasteiger partial charge in [-0.1, -0.05) is 0 Å². The maximum absolute atomic E-state index is 13.6. The third-order valence-electron chi connectivity index (χ3n) is 5.50. The molecule has 5 nitrogen and oxygen atoms in total. The van der Waals surface area contributed by atoms with Gasteiger partial charge in [0.05, 0.1) is 20.0 Å². The van der Waals surface area contributed by atoms with Crippen molar-refractivity contribution in [2.45, 2.75) is 79.0 Å². The lowest BCUT2D eigenvalue weighted by Gasteiger charge is -2.39. The van der Waals surface area contributed by atoms with Crippen LogP contribution in [0.2, 0.25) is 0 Å². The molecule has 0 aliphatic rings. The number of hydrogen-bond acceptors (Lipinski definition) is 2. The van der Waals surface area contributed by atoms with Crippen molar-refractivity contribution >= 4 is 10.1 Å². The van der Waals surface area contributed by atoms with Gasteiger partial charge in [0.15, 0.2) is 0 Å². The zero-order valence-electron chi connectivity index (χ0n) is 21.0. The number of halogens is 22. The normalized spacial score (nSPS) is 15.6. The minimum absolute atomic E-state index is 0.139. The second-order valence-electron chi connectivity index (χ2n) is 8.54. The molecular formula is C17H13F22N2O3S+. The predicted molar refractivity (Wildman–Crippen MR) is 98.2 cm³/mol. The summed E-state index contributed by atoms with van der Waals surface area (Å²) in [5.74, 6) is -51.2. The van der Waals surface area contributed by atoms with Gasteiger partial charge in [-0.05, 0) is 0 Å². The summed E-state index contributed by atoms with van der Waals surface area (Å²) < 4.78 is 304. The van der Waals surface area contributed by atoms with Crippen molar-refractivity contribution in [2.24, 2.45) is 7.05 Å². The Hall–Kier alpha value is -2.42. The molecule has 0 aromatic carbocycles. The average molecular weight is 743 g/mol. The van der Waals surface area contributed by atoms with Gasteiger partial charge in [0, 0.05) is 6.92 Å². The number of aromatic nitrogens is 2. The van der Waals surface area contributed by atoms with Crippen molar-refractivity contribution in [2.75, 3.05) is 0 Å². The number of imidazole rings is 1. The van der Waals surface area contributed by atoms with Crippen LogP contribution in [0.1, 0.15) is 12.2 Å². The summed E-state index contributed by atoms with van der Waals surface area (Å²) >= 11 is 0. The molecule has 45 heavy (non-hydrogen) atoms. The van der Waals surface area contributed by atoms with Crippen LogP contribution in [0.4, 0.5) is 96.6 Å². The first-order chi connectivity index (χ1) is 19.1. The Bertz CT molecular complexity index is 1290. The molecule has 0 radical (unpaired) electrons. The van der Waals surface area contributed by atoms with Crippen LogP contribution in [0.3, 0.4) is 0 Å². The van der Waals surface area contributed by atoms with Crippen LogP contribution < -0.4 is 4.57 Å². The first kappa shape index (κ1) is 42.6. The van der Waals surface area contributed by atoms with E-state index in [1.54, 1.807) is 0 Å². The molecule has 0 aliphatic heterocycles. The summed E-state index contributed by atoms with van der Waals surface area (Å²) in [7, 11) is -5.79. The maximum atomic E-state index is 13.6. The highest BCUT2D eigenvalue weighted by atomic mass is 32.2. The summed E-state index contributed by atoms with van der Waals surface area (Å²) in [4.78, 5) is 0. The molecule has 1 heterocycles. The van der Waals surface area contributed by atoms with Crippen LogP contribution in [-0.2, 0) is 23.7 Å². The second-order valence-corrected chi connectivity index (χ2v) is 10.0. The molecule has 1 aromatic heterocycles. The number of rotatable bonds is 10. The molecule has 0 aliphatic carbocycles. The molecular weight excluding hydrogens is 730 g/mol. The maximum Gasteiger partial charge on any atom is 0.460 e. The van der Waals surface area contributed by atoms with E-state index in [0.29, 0.717) is 0 Å². The fraction of sp³-hybridized carbons (Fsp3) is 0.824. The van der Waals surface area contributed by atoms with Gasteiger partial charge < -0.3 is 0 Å². The quantitative estimate of drug-likeness (QED) is 0.159. The van der Waals surface area contributed by atoms with Crippen LogP contribution >= 0.6 is 0 Å². The SMILES string of the molecule is Cc1n(C)cc[n+]1CCC(F)(F)C(F)(F)C(F)(F)C(F)(F)C(F)(F)C(F)(F)F.O=S(=O)(O)C(F)(F)C(F)(F)C(F)(F)C(F)(F)F. The summed E-state index contributed by atoms with van der Waals surface area (Å²) in [5, 5.41) is -7.00. The Morgan fingerprint density at radius 1 is 0.622 bits per heavy atom. The van der Waals surface area contributed by atoms with E-state index in [2.05, 4.69) is 0 Å². The fourth-order valence-corrected chi connectivity index (χ4v) is 3.03. The van der Waals surface area contributed by atoms with Crippen molar-refractivity contribution < 1.29 is 114 Å². The first-order valence-corrected chi connectivity index (χ1v) is 11.7. The average Bonchev–Trinajstić information content (AvgIpc) is 3.12. The van der Waals surface area contributed by atoms with E-state index in [-0.39, 0.29) is 5.82 Å². The van der Waals surface area contributed by atoms with Crippen LogP contribution in [0.15, 0.2) is 12.4 Å². The molecule has 0 spiro atoms. The van der Waals surface area contributed by atoms with E-state index in [1.807, 2.05) is 0 Å². The summed E-state index contributed by atoms with van der Waals surface area (Å²) in [6, 6.07) is 0. The Kier molecular flexibility index (Phi) is 11.0. The van der Waals surface area contributed by atoms with Crippen molar-refractivity contribution in [3.8, 4) is 0 Å². The molecule has 268 valence electrons. The van der Waals surface area contributed by atoms with Crippen molar-refractivity contribution in [3.63, 3.8) is 0 Å². The van der Waals surface area contributed by atoms with Gasteiger partial charge in [0.1, 0.15) is 12.4 Å². The minimum Gasteiger partial charge on any atom is -0.281 e. The van der Waals surface area contributed by atoms with Gasteiger partial charge in [0.25, 0.3) is 5.82 Å². The highest BCUT2D eigenvalue weighted by Crippen LogP contribution is 2.60. The molecule has 0 atom stereocenters. The minimum atomic E-state index is -7.86. The molecule has 0 amide bonds. The van der Waals surface area contributed by atoms with Gasteiger partial charge in [-0.15, -0.1) is 0 Å². The molecule has 1 aromatic rings.